The van der Waals surface area contributed by atoms with Gasteiger partial charge in [0.15, 0.2) is 10.8 Å². The number of carbonyl (C=O) groups is 1. The van der Waals surface area contributed by atoms with E-state index in [0.717, 1.165) is 5.56 Å². The first kappa shape index (κ1) is 16.9. The van der Waals surface area contributed by atoms with E-state index < -0.39 is 0 Å². The third-order valence-electron chi connectivity index (χ3n) is 4.04. The van der Waals surface area contributed by atoms with Crippen molar-refractivity contribution in [1.82, 2.24) is 19.9 Å². The number of nitrogens with zero attached hydrogens (tertiary/aromatic N) is 4. The van der Waals surface area contributed by atoms with E-state index in [1.54, 1.807) is 9.58 Å². The lowest BCUT2D eigenvalue weighted by atomic mass is 10.1. The van der Waals surface area contributed by atoms with Gasteiger partial charge in [-0.3, -0.25) is 4.79 Å². The van der Waals surface area contributed by atoms with Gasteiger partial charge in [0.25, 0.3) is 5.91 Å². The Morgan fingerprint density at radius 3 is 2.50 bits per heavy atom. The van der Waals surface area contributed by atoms with Crippen LogP contribution < -0.4 is 0 Å². The molecule has 2 aromatic rings. The van der Waals surface area contributed by atoms with Crippen molar-refractivity contribution in [2.45, 2.75) is 39.5 Å². The van der Waals surface area contributed by atoms with Crippen molar-refractivity contribution in [2.24, 2.45) is 0 Å². The minimum Gasteiger partial charge on any atom is -0.372 e. The summed E-state index contributed by atoms with van der Waals surface area (Å²) >= 11 is 6.35. The van der Waals surface area contributed by atoms with Crippen molar-refractivity contribution in [3.8, 4) is 0 Å². The minimum absolute atomic E-state index is 0.000853. The molecule has 0 unspecified atom stereocenters. The van der Waals surface area contributed by atoms with E-state index in [0.29, 0.717) is 19.6 Å². The number of aryl methyl sites for hydroxylation is 1. The van der Waals surface area contributed by atoms with Gasteiger partial charge in [-0.05, 0) is 26.3 Å². The molecule has 7 heteroatoms. The zero-order valence-corrected chi connectivity index (χ0v) is 14.8. The van der Waals surface area contributed by atoms with Crippen molar-refractivity contribution >= 4 is 17.5 Å². The van der Waals surface area contributed by atoms with E-state index in [1.807, 2.05) is 45.0 Å². The Hall–Kier alpha value is -1.92. The summed E-state index contributed by atoms with van der Waals surface area (Å²) in [7, 11) is 0. The standard InChI is InChI=1S/C17H21ClN4O2/c1-11-4-6-14(7-5-11)10-22-16(18)15(19-20-22)17(23)21-8-12(2)24-13(3)9-21/h4-7,12-13H,8-10H2,1-3H3/t12-,13-/m1/s1. The van der Waals surface area contributed by atoms with Gasteiger partial charge in [0, 0.05) is 13.1 Å². The molecule has 0 saturated carbocycles. The van der Waals surface area contributed by atoms with Gasteiger partial charge in [0.1, 0.15) is 0 Å². The summed E-state index contributed by atoms with van der Waals surface area (Å²) in [6.45, 7) is 7.48. The van der Waals surface area contributed by atoms with Gasteiger partial charge in [0.05, 0.1) is 18.8 Å². The Balaban J connectivity index is 1.76. The maximum absolute atomic E-state index is 12.7. The van der Waals surface area contributed by atoms with E-state index in [2.05, 4.69) is 10.3 Å². The van der Waals surface area contributed by atoms with Gasteiger partial charge in [0.2, 0.25) is 0 Å². The first-order valence-electron chi connectivity index (χ1n) is 8.03. The quantitative estimate of drug-likeness (QED) is 0.855. The second-order valence-electron chi connectivity index (χ2n) is 6.34. The zero-order chi connectivity index (χ0) is 17.3. The van der Waals surface area contributed by atoms with Crippen LogP contribution in [0.5, 0.6) is 0 Å². The molecule has 3 rings (SSSR count). The first-order valence-corrected chi connectivity index (χ1v) is 8.41. The van der Waals surface area contributed by atoms with Crippen molar-refractivity contribution in [3.63, 3.8) is 0 Å². The van der Waals surface area contributed by atoms with Crippen molar-refractivity contribution < 1.29 is 9.53 Å². The van der Waals surface area contributed by atoms with Crippen molar-refractivity contribution in [3.05, 3.63) is 46.2 Å². The van der Waals surface area contributed by atoms with Gasteiger partial charge in [-0.2, -0.15) is 0 Å². The van der Waals surface area contributed by atoms with Crippen LogP contribution in [-0.2, 0) is 11.3 Å². The highest BCUT2D eigenvalue weighted by Crippen LogP contribution is 2.19. The topological polar surface area (TPSA) is 60.2 Å². The second kappa shape index (κ2) is 6.91. The summed E-state index contributed by atoms with van der Waals surface area (Å²) in [4.78, 5) is 14.4. The van der Waals surface area contributed by atoms with Gasteiger partial charge in [-0.15, -0.1) is 5.10 Å². The van der Waals surface area contributed by atoms with Crippen LogP contribution in [-0.4, -0.2) is 51.1 Å². The molecule has 1 aliphatic rings. The number of hydrogen-bond acceptors (Lipinski definition) is 4. The van der Waals surface area contributed by atoms with Crippen LogP contribution >= 0.6 is 11.6 Å². The molecular weight excluding hydrogens is 328 g/mol. The fourth-order valence-corrected chi connectivity index (χ4v) is 3.11. The molecule has 1 aromatic heterocycles. The van der Waals surface area contributed by atoms with Crippen LogP contribution in [0.3, 0.4) is 0 Å². The third-order valence-corrected chi connectivity index (χ3v) is 4.41. The highest BCUT2D eigenvalue weighted by atomic mass is 35.5. The minimum atomic E-state index is -0.197. The van der Waals surface area contributed by atoms with Crippen LogP contribution in [0.1, 0.15) is 35.5 Å². The predicted octanol–water partition coefficient (Wildman–Crippen LogP) is 2.54. The zero-order valence-electron chi connectivity index (χ0n) is 14.1. The molecule has 1 saturated heterocycles. The van der Waals surface area contributed by atoms with Crippen LogP contribution in [0.25, 0.3) is 0 Å². The number of morpholine rings is 1. The summed E-state index contributed by atoms with van der Waals surface area (Å²) in [6.07, 6.45) is -0.00171. The molecule has 1 aromatic carbocycles. The van der Waals surface area contributed by atoms with Crippen LogP contribution in [0, 0.1) is 6.92 Å². The Morgan fingerprint density at radius 2 is 1.88 bits per heavy atom. The highest BCUT2D eigenvalue weighted by molar-refractivity contribution is 6.32. The summed E-state index contributed by atoms with van der Waals surface area (Å²) < 4.78 is 7.21. The van der Waals surface area contributed by atoms with E-state index in [1.165, 1.54) is 5.56 Å². The Kier molecular flexibility index (Phi) is 4.87. The Morgan fingerprint density at radius 1 is 1.25 bits per heavy atom. The number of rotatable bonds is 3. The molecule has 128 valence electrons. The predicted molar refractivity (Wildman–Crippen MR) is 91.2 cm³/mol. The maximum Gasteiger partial charge on any atom is 0.277 e. The fourth-order valence-electron chi connectivity index (χ4n) is 2.89. The normalized spacial score (nSPS) is 21.1. The highest BCUT2D eigenvalue weighted by Gasteiger charge is 2.30. The molecular formula is C17H21ClN4O2. The molecule has 1 fully saturated rings. The largest absolute Gasteiger partial charge is 0.372 e. The average Bonchev–Trinajstić information content (AvgIpc) is 2.89. The van der Waals surface area contributed by atoms with Gasteiger partial charge in [-0.25, -0.2) is 4.68 Å². The summed E-state index contributed by atoms with van der Waals surface area (Å²) in [6, 6.07) is 8.09. The number of hydrogen-bond donors (Lipinski definition) is 0. The number of carbonyl (C=O) groups excluding carboxylic acids is 1. The number of aromatic nitrogens is 3. The molecule has 0 radical (unpaired) electrons. The van der Waals surface area contributed by atoms with E-state index in [9.17, 15) is 4.79 Å². The molecule has 0 bridgehead atoms. The van der Waals surface area contributed by atoms with Gasteiger partial charge >= 0.3 is 0 Å². The Bertz CT molecular complexity index is 719. The summed E-state index contributed by atoms with van der Waals surface area (Å²) in [5.41, 5.74) is 2.44. The first-order chi connectivity index (χ1) is 11.4. The van der Waals surface area contributed by atoms with Crippen LogP contribution in [0.2, 0.25) is 5.15 Å². The molecule has 1 aliphatic heterocycles. The van der Waals surface area contributed by atoms with Crippen LogP contribution in [0.4, 0.5) is 0 Å². The SMILES string of the molecule is Cc1ccc(Cn2nnc(C(=O)N3C[C@@H](C)O[C@H](C)C3)c2Cl)cc1. The molecule has 2 heterocycles. The van der Waals surface area contributed by atoms with E-state index in [4.69, 9.17) is 16.3 Å². The monoisotopic (exact) mass is 348 g/mol. The van der Waals surface area contributed by atoms with Gasteiger partial charge < -0.3 is 9.64 Å². The number of benzene rings is 1. The molecule has 1 amide bonds. The van der Waals surface area contributed by atoms with Crippen LogP contribution in [0.15, 0.2) is 24.3 Å². The van der Waals surface area contributed by atoms with Crippen molar-refractivity contribution in [1.29, 1.82) is 0 Å². The second-order valence-corrected chi connectivity index (χ2v) is 6.70. The summed E-state index contributed by atoms with van der Waals surface area (Å²) in [5, 5.41) is 8.32. The number of amides is 1. The lowest BCUT2D eigenvalue weighted by Gasteiger charge is -2.34. The molecule has 0 N–H and O–H groups in total. The molecule has 6 nitrogen and oxygen atoms in total. The number of ether oxygens (including phenoxy) is 1. The van der Waals surface area contributed by atoms with E-state index >= 15 is 0 Å². The number of halogens is 1. The molecule has 0 spiro atoms. The molecule has 2 atom stereocenters. The average molecular weight is 349 g/mol. The van der Waals surface area contributed by atoms with Crippen molar-refractivity contribution in [2.75, 3.05) is 13.1 Å². The smallest absolute Gasteiger partial charge is 0.277 e. The third kappa shape index (κ3) is 3.60. The van der Waals surface area contributed by atoms with Gasteiger partial charge in [-0.1, -0.05) is 46.6 Å². The lowest BCUT2D eigenvalue weighted by molar-refractivity contribution is -0.0587. The van der Waals surface area contributed by atoms with E-state index in [-0.39, 0.29) is 29.0 Å². The maximum atomic E-state index is 12.7. The fraction of sp³-hybridized carbons (Fsp3) is 0.471. The molecule has 24 heavy (non-hydrogen) atoms. The summed E-state index contributed by atoms with van der Waals surface area (Å²) in [5.74, 6) is -0.197. The Labute approximate surface area is 146 Å². The molecule has 0 aliphatic carbocycles. The lowest BCUT2D eigenvalue weighted by Crippen LogP contribution is -2.48.